The van der Waals surface area contributed by atoms with E-state index in [0.29, 0.717) is 15.7 Å². The Bertz CT molecular complexity index is 595. The summed E-state index contributed by atoms with van der Waals surface area (Å²) in [6.07, 6.45) is 0.731. The molecule has 4 heteroatoms. The molecule has 0 aromatic heterocycles. The van der Waals surface area contributed by atoms with E-state index in [0.717, 1.165) is 17.5 Å². The van der Waals surface area contributed by atoms with Crippen molar-refractivity contribution in [3.8, 4) is 0 Å². The van der Waals surface area contributed by atoms with Crippen LogP contribution < -0.4 is 5.32 Å². The van der Waals surface area contributed by atoms with E-state index in [1.807, 2.05) is 30.3 Å². The van der Waals surface area contributed by atoms with E-state index >= 15 is 0 Å². The first-order valence-corrected chi connectivity index (χ1v) is 6.39. The maximum atomic E-state index is 13.7. The number of nitrogens with one attached hydrogen (secondary N) is 1. The maximum Gasteiger partial charge on any atom is 0.148 e. The highest BCUT2D eigenvalue weighted by atomic mass is 35.5. The SMILES string of the molecule is Fc1cc(Cl)cc2c1NC(c1ccc(Cl)cc1)C2. The van der Waals surface area contributed by atoms with Gasteiger partial charge in [0.15, 0.2) is 0 Å². The lowest BCUT2D eigenvalue weighted by Gasteiger charge is -2.11. The number of anilines is 1. The Morgan fingerprint density at radius 3 is 2.50 bits per heavy atom. The molecule has 1 unspecified atom stereocenters. The average Bonchev–Trinajstić information content (AvgIpc) is 2.74. The number of hydrogen-bond donors (Lipinski definition) is 1. The van der Waals surface area contributed by atoms with Gasteiger partial charge in [0.05, 0.1) is 11.7 Å². The van der Waals surface area contributed by atoms with E-state index in [9.17, 15) is 4.39 Å². The molecule has 0 saturated carbocycles. The number of rotatable bonds is 1. The second kappa shape index (κ2) is 4.45. The van der Waals surface area contributed by atoms with Gasteiger partial charge in [0.25, 0.3) is 0 Å². The summed E-state index contributed by atoms with van der Waals surface area (Å²) in [6, 6.07) is 10.8. The van der Waals surface area contributed by atoms with E-state index in [4.69, 9.17) is 23.2 Å². The van der Waals surface area contributed by atoms with Crippen molar-refractivity contribution in [1.29, 1.82) is 0 Å². The van der Waals surface area contributed by atoms with Gasteiger partial charge in [-0.2, -0.15) is 0 Å². The molecule has 92 valence electrons. The van der Waals surface area contributed by atoms with E-state index in [1.165, 1.54) is 6.07 Å². The molecule has 3 rings (SSSR count). The van der Waals surface area contributed by atoms with E-state index in [-0.39, 0.29) is 11.9 Å². The highest BCUT2D eigenvalue weighted by Gasteiger charge is 2.25. The second-order valence-corrected chi connectivity index (χ2v) is 5.25. The van der Waals surface area contributed by atoms with Gasteiger partial charge >= 0.3 is 0 Å². The molecule has 18 heavy (non-hydrogen) atoms. The van der Waals surface area contributed by atoms with Crippen molar-refractivity contribution in [3.63, 3.8) is 0 Å². The fourth-order valence-corrected chi connectivity index (χ4v) is 2.64. The van der Waals surface area contributed by atoms with Crippen LogP contribution in [0.25, 0.3) is 0 Å². The molecule has 1 N–H and O–H groups in total. The third kappa shape index (κ3) is 2.06. The predicted molar refractivity (Wildman–Crippen MR) is 72.9 cm³/mol. The standard InChI is InChI=1S/C14H10Cl2FN/c15-10-3-1-8(2-4-10)13-6-9-5-11(16)7-12(17)14(9)18-13/h1-5,7,13,18H,6H2. The maximum absolute atomic E-state index is 13.7. The van der Waals surface area contributed by atoms with Crippen LogP contribution in [0.3, 0.4) is 0 Å². The zero-order valence-corrected chi connectivity index (χ0v) is 10.9. The van der Waals surface area contributed by atoms with Gasteiger partial charge in [0.2, 0.25) is 0 Å². The minimum Gasteiger partial charge on any atom is -0.375 e. The van der Waals surface area contributed by atoms with E-state index in [1.54, 1.807) is 0 Å². The largest absolute Gasteiger partial charge is 0.375 e. The van der Waals surface area contributed by atoms with Crippen molar-refractivity contribution in [2.45, 2.75) is 12.5 Å². The van der Waals surface area contributed by atoms with Gasteiger partial charge in [-0.25, -0.2) is 4.39 Å². The highest BCUT2D eigenvalue weighted by Crippen LogP contribution is 2.37. The Hall–Kier alpha value is -1.25. The van der Waals surface area contributed by atoms with Crippen LogP contribution in [0.4, 0.5) is 10.1 Å². The van der Waals surface area contributed by atoms with Crippen molar-refractivity contribution in [3.05, 3.63) is 63.4 Å². The lowest BCUT2D eigenvalue weighted by molar-refractivity contribution is 0.631. The molecule has 2 aromatic carbocycles. The van der Waals surface area contributed by atoms with Crippen molar-refractivity contribution in [2.75, 3.05) is 5.32 Å². The van der Waals surface area contributed by atoms with Crippen LogP contribution in [-0.4, -0.2) is 0 Å². The van der Waals surface area contributed by atoms with Crippen molar-refractivity contribution < 1.29 is 4.39 Å². The Morgan fingerprint density at radius 2 is 1.78 bits per heavy atom. The summed E-state index contributed by atoms with van der Waals surface area (Å²) in [5.74, 6) is -0.297. The fraction of sp³-hybridized carbons (Fsp3) is 0.143. The molecule has 0 spiro atoms. The van der Waals surface area contributed by atoms with Crippen molar-refractivity contribution in [2.24, 2.45) is 0 Å². The molecule has 1 aliphatic heterocycles. The number of hydrogen-bond acceptors (Lipinski definition) is 1. The third-order valence-electron chi connectivity index (χ3n) is 3.15. The minimum absolute atomic E-state index is 0.0743. The van der Waals surface area contributed by atoms with Crippen LogP contribution in [0.15, 0.2) is 36.4 Å². The molecule has 0 amide bonds. The van der Waals surface area contributed by atoms with Gasteiger partial charge < -0.3 is 5.32 Å². The summed E-state index contributed by atoms with van der Waals surface area (Å²) in [6.45, 7) is 0. The summed E-state index contributed by atoms with van der Waals surface area (Å²) in [7, 11) is 0. The molecule has 1 atom stereocenters. The first-order chi connectivity index (χ1) is 8.63. The molecule has 1 nitrogen and oxygen atoms in total. The van der Waals surface area contributed by atoms with Gasteiger partial charge in [0, 0.05) is 10.0 Å². The molecular weight excluding hydrogens is 272 g/mol. The molecule has 1 aliphatic rings. The number of halogens is 3. The molecule has 1 heterocycles. The molecule has 0 fully saturated rings. The normalized spacial score (nSPS) is 17.4. The van der Waals surface area contributed by atoms with Crippen LogP contribution in [0.5, 0.6) is 0 Å². The zero-order valence-electron chi connectivity index (χ0n) is 9.38. The van der Waals surface area contributed by atoms with Crippen LogP contribution in [0.2, 0.25) is 10.0 Å². The lowest BCUT2D eigenvalue weighted by atomic mass is 10.0. The third-order valence-corrected chi connectivity index (χ3v) is 3.62. The monoisotopic (exact) mass is 281 g/mol. The Balaban J connectivity index is 1.93. The Morgan fingerprint density at radius 1 is 1.06 bits per heavy atom. The summed E-state index contributed by atoms with van der Waals surface area (Å²) in [4.78, 5) is 0. The topological polar surface area (TPSA) is 12.0 Å². The first kappa shape index (κ1) is 11.8. The summed E-state index contributed by atoms with van der Waals surface area (Å²) in [5, 5.41) is 4.32. The predicted octanol–water partition coefficient (Wildman–Crippen LogP) is 4.84. The Labute approximate surface area is 115 Å². The van der Waals surface area contributed by atoms with Gasteiger partial charge in [-0.15, -0.1) is 0 Å². The highest BCUT2D eigenvalue weighted by molar-refractivity contribution is 6.31. The average molecular weight is 282 g/mol. The number of fused-ring (bicyclic) bond motifs is 1. The van der Waals surface area contributed by atoms with Gasteiger partial charge in [0.1, 0.15) is 5.82 Å². The van der Waals surface area contributed by atoms with Crippen molar-refractivity contribution in [1.82, 2.24) is 0 Å². The van der Waals surface area contributed by atoms with Gasteiger partial charge in [-0.3, -0.25) is 0 Å². The molecule has 0 aliphatic carbocycles. The molecule has 0 radical (unpaired) electrons. The molecule has 0 saturated heterocycles. The number of benzene rings is 2. The summed E-state index contributed by atoms with van der Waals surface area (Å²) >= 11 is 11.7. The van der Waals surface area contributed by atoms with Gasteiger partial charge in [-0.1, -0.05) is 35.3 Å². The van der Waals surface area contributed by atoms with Crippen molar-refractivity contribution >= 4 is 28.9 Å². The lowest BCUT2D eigenvalue weighted by Crippen LogP contribution is -2.05. The van der Waals surface area contributed by atoms with Gasteiger partial charge in [-0.05, 0) is 41.8 Å². The molecule has 0 bridgehead atoms. The summed E-state index contributed by atoms with van der Waals surface area (Å²) in [5.41, 5.74) is 2.56. The molecule has 2 aromatic rings. The minimum atomic E-state index is -0.297. The summed E-state index contributed by atoms with van der Waals surface area (Å²) < 4.78 is 13.7. The van der Waals surface area contributed by atoms with E-state index in [2.05, 4.69) is 5.32 Å². The van der Waals surface area contributed by atoms with Crippen LogP contribution >= 0.6 is 23.2 Å². The smallest absolute Gasteiger partial charge is 0.148 e. The zero-order chi connectivity index (χ0) is 12.7. The van der Waals surface area contributed by atoms with E-state index < -0.39 is 0 Å². The fourth-order valence-electron chi connectivity index (χ4n) is 2.29. The van der Waals surface area contributed by atoms with Crippen LogP contribution in [0, 0.1) is 5.82 Å². The quantitative estimate of drug-likeness (QED) is 0.789. The first-order valence-electron chi connectivity index (χ1n) is 5.63. The second-order valence-electron chi connectivity index (χ2n) is 4.37. The van der Waals surface area contributed by atoms with Crippen LogP contribution in [-0.2, 0) is 6.42 Å². The van der Waals surface area contributed by atoms with Crippen LogP contribution in [0.1, 0.15) is 17.2 Å². The Kier molecular flexibility index (Phi) is 2.92. The molecular formula is C14H10Cl2FN.